The lowest BCUT2D eigenvalue weighted by Crippen LogP contribution is -2.45. The topological polar surface area (TPSA) is 83.8 Å². The van der Waals surface area contributed by atoms with Crippen molar-refractivity contribution >= 4 is 5.91 Å². The second-order valence-corrected chi connectivity index (χ2v) is 5.19. The van der Waals surface area contributed by atoms with Crippen LogP contribution in [0.3, 0.4) is 0 Å². The summed E-state index contributed by atoms with van der Waals surface area (Å²) in [5.74, 6) is 0.105. The molecule has 1 aliphatic carbocycles. The number of hydrogen-bond donors (Lipinski definition) is 3. The molecule has 1 amide bonds. The molecule has 0 aromatic carbocycles. The van der Waals surface area contributed by atoms with Gasteiger partial charge in [-0.05, 0) is 12.8 Å². The molecule has 1 fully saturated rings. The molecule has 100 valence electrons. The highest BCUT2D eigenvalue weighted by Gasteiger charge is 2.36. The number of H-pyrrole nitrogens is 1. The van der Waals surface area contributed by atoms with E-state index in [1.165, 1.54) is 12.8 Å². The monoisotopic (exact) mass is 250 g/mol. The van der Waals surface area contributed by atoms with Gasteiger partial charge in [0.05, 0.1) is 11.6 Å². The van der Waals surface area contributed by atoms with E-state index in [4.69, 9.17) is 5.73 Å². The van der Waals surface area contributed by atoms with Crippen molar-refractivity contribution in [2.24, 2.45) is 11.1 Å². The van der Waals surface area contributed by atoms with Crippen LogP contribution in [0.2, 0.25) is 0 Å². The number of rotatable bonds is 4. The molecule has 0 atom stereocenters. The van der Waals surface area contributed by atoms with Gasteiger partial charge in [0.25, 0.3) is 0 Å². The molecule has 0 spiro atoms. The first-order valence-electron chi connectivity index (χ1n) is 6.73. The van der Waals surface area contributed by atoms with Gasteiger partial charge < -0.3 is 11.1 Å². The smallest absolute Gasteiger partial charge is 0.227 e. The van der Waals surface area contributed by atoms with Crippen LogP contribution < -0.4 is 11.1 Å². The molecule has 4 N–H and O–H groups in total. The van der Waals surface area contributed by atoms with E-state index in [1.54, 1.807) is 12.4 Å². The van der Waals surface area contributed by atoms with E-state index in [0.29, 0.717) is 13.1 Å². The van der Waals surface area contributed by atoms with Gasteiger partial charge in [0, 0.05) is 24.8 Å². The van der Waals surface area contributed by atoms with Crippen molar-refractivity contribution in [3.63, 3.8) is 0 Å². The lowest BCUT2D eigenvalue weighted by atomic mass is 9.79. The van der Waals surface area contributed by atoms with Gasteiger partial charge in [0.15, 0.2) is 0 Å². The van der Waals surface area contributed by atoms with E-state index < -0.39 is 0 Å². The molecule has 1 heterocycles. The van der Waals surface area contributed by atoms with Crippen molar-refractivity contribution in [3.05, 3.63) is 18.0 Å². The highest BCUT2D eigenvalue weighted by Crippen LogP contribution is 2.34. The minimum Gasteiger partial charge on any atom is -0.351 e. The van der Waals surface area contributed by atoms with E-state index >= 15 is 0 Å². The Balaban J connectivity index is 1.95. The van der Waals surface area contributed by atoms with Gasteiger partial charge in [-0.15, -0.1) is 0 Å². The first kappa shape index (κ1) is 13.1. The SMILES string of the molecule is NCC1(C(=O)NCc2cn[nH]c2)CCCCCC1. The number of nitrogens with zero attached hydrogens (tertiary/aromatic N) is 1. The Labute approximate surface area is 108 Å². The predicted molar refractivity (Wildman–Crippen MR) is 69.6 cm³/mol. The maximum absolute atomic E-state index is 12.4. The van der Waals surface area contributed by atoms with E-state index in [-0.39, 0.29) is 11.3 Å². The van der Waals surface area contributed by atoms with Crippen molar-refractivity contribution in [1.29, 1.82) is 0 Å². The summed E-state index contributed by atoms with van der Waals surface area (Å²) in [4.78, 5) is 12.4. The summed E-state index contributed by atoms with van der Waals surface area (Å²) in [5.41, 5.74) is 6.52. The quantitative estimate of drug-likeness (QED) is 0.705. The van der Waals surface area contributed by atoms with Gasteiger partial charge >= 0.3 is 0 Å². The second-order valence-electron chi connectivity index (χ2n) is 5.19. The molecule has 2 rings (SSSR count). The van der Waals surface area contributed by atoms with Crippen molar-refractivity contribution in [1.82, 2.24) is 15.5 Å². The van der Waals surface area contributed by atoms with Crippen molar-refractivity contribution < 1.29 is 4.79 Å². The fourth-order valence-electron chi connectivity index (χ4n) is 2.67. The fourth-order valence-corrected chi connectivity index (χ4v) is 2.67. The van der Waals surface area contributed by atoms with Crippen molar-refractivity contribution in [2.45, 2.75) is 45.1 Å². The number of carbonyl (C=O) groups is 1. The largest absolute Gasteiger partial charge is 0.351 e. The van der Waals surface area contributed by atoms with Gasteiger partial charge in [-0.25, -0.2) is 0 Å². The zero-order chi connectivity index (χ0) is 12.8. The Kier molecular flexibility index (Phi) is 4.36. The van der Waals surface area contributed by atoms with Gasteiger partial charge in [0.1, 0.15) is 0 Å². The van der Waals surface area contributed by atoms with Gasteiger partial charge in [-0.2, -0.15) is 5.10 Å². The van der Waals surface area contributed by atoms with Crippen LogP contribution in [0.1, 0.15) is 44.1 Å². The molecule has 1 aromatic rings. The summed E-state index contributed by atoms with van der Waals surface area (Å²) < 4.78 is 0. The van der Waals surface area contributed by atoms with Gasteiger partial charge in [-0.3, -0.25) is 9.89 Å². The maximum Gasteiger partial charge on any atom is 0.227 e. The fraction of sp³-hybridized carbons (Fsp3) is 0.692. The van der Waals surface area contributed by atoms with E-state index in [2.05, 4.69) is 15.5 Å². The molecule has 0 aliphatic heterocycles. The molecule has 1 aromatic heterocycles. The standard InChI is InChI=1S/C13H22N4O/c14-10-13(5-3-1-2-4-6-13)12(18)15-7-11-8-16-17-9-11/h8-9H,1-7,10,14H2,(H,15,18)(H,16,17). The molecule has 0 unspecified atom stereocenters. The van der Waals surface area contributed by atoms with Crippen LogP contribution in [0.15, 0.2) is 12.4 Å². The van der Waals surface area contributed by atoms with Crippen LogP contribution in [0, 0.1) is 5.41 Å². The number of nitrogens with one attached hydrogen (secondary N) is 2. The Morgan fingerprint density at radius 3 is 2.67 bits per heavy atom. The Morgan fingerprint density at radius 1 is 1.39 bits per heavy atom. The molecule has 5 nitrogen and oxygen atoms in total. The van der Waals surface area contributed by atoms with Crippen LogP contribution in [0.25, 0.3) is 0 Å². The molecule has 0 bridgehead atoms. The summed E-state index contributed by atoms with van der Waals surface area (Å²) in [6.07, 6.45) is 10.0. The average molecular weight is 250 g/mol. The lowest BCUT2D eigenvalue weighted by Gasteiger charge is -2.29. The number of hydrogen-bond acceptors (Lipinski definition) is 3. The second kappa shape index (κ2) is 6.00. The number of carbonyl (C=O) groups excluding carboxylic acids is 1. The summed E-state index contributed by atoms with van der Waals surface area (Å²) in [5, 5.41) is 9.60. The molecule has 1 saturated carbocycles. The maximum atomic E-state index is 12.4. The van der Waals surface area contributed by atoms with Crippen LogP contribution in [0.4, 0.5) is 0 Å². The van der Waals surface area contributed by atoms with Gasteiger partial charge in [0.2, 0.25) is 5.91 Å². The first-order valence-corrected chi connectivity index (χ1v) is 6.73. The zero-order valence-corrected chi connectivity index (χ0v) is 10.7. The number of amides is 1. The van der Waals surface area contributed by atoms with E-state index in [0.717, 1.165) is 31.2 Å². The lowest BCUT2D eigenvalue weighted by molar-refractivity contribution is -0.131. The Morgan fingerprint density at radius 2 is 2.11 bits per heavy atom. The average Bonchev–Trinajstić information content (AvgIpc) is 2.79. The van der Waals surface area contributed by atoms with Crippen molar-refractivity contribution in [3.8, 4) is 0 Å². The van der Waals surface area contributed by atoms with Gasteiger partial charge in [-0.1, -0.05) is 25.7 Å². The summed E-state index contributed by atoms with van der Waals surface area (Å²) in [6, 6.07) is 0. The highest BCUT2D eigenvalue weighted by atomic mass is 16.2. The normalized spacial score (nSPS) is 19.2. The zero-order valence-electron chi connectivity index (χ0n) is 10.7. The Hall–Kier alpha value is -1.36. The summed E-state index contributed by atoms with van der Waals surface area (Å²) >= 11 is 0. The third-order valence-electron chi connectivity index (χ3n) is 3.94. The third kappa shape index (κ3) is 2.90. The number of aromatic amines is 1. The molecule has 1 aliphatic rings. The summed E-state index contributed by atoms with van der Waals surface area (Å²) in [7, 11) is 0. The highest BCUT2D eigenvalue weighted by molar-refractivity contribution is 5.82. The molecule has 0 saturated heterocycles. The number of aromatic nitrogens is 2. The molecular formula is C13H22N4O. The Bertz CT molecular complexity index is 366. The van der Waals surface area contributed by atoms with Crippen LogP contribution >= 0.6 is 0 Å². The van der Waals surface area contributed by atoms with Crippen LogP contribution in [0.5, 0.6) is 0 Å². The predicted octanol–water partition coefficient (Wildman–Crippen LogP) is 1.33. The minimum atomic E-state index is -0.347. The van der Waals surface area contributed by atoms with Crippen LogP contribution in [-0.2, 0) is 11.3 Å². The summed E-state index contributed by atoms with van der Waals surface area (Å²) in [6.45, 7) is 0.974. The molecule has 0 radical (unpaired) electrons. The molecule has 18 heavy (non-hydrogen) atoms. The minimum absolute atomic E-state index is 0.105. The molecule has 5 heteroatoms. The molecular weight excluding hydrogens is 228 g/mol. The van der Waals surface area contributed by atoms with E-state index in [9.17, 15) is 4.79 Å². The first-order chi connectivity index (χ1) is 8.77. The van der Waals surface area contributed by atoms with Crippen LogP contribution in [-0.4, -0.2) is 22.6 Å². The van der Waals surface area contributed by atoms with E-state index in [1.807, 2.05) is 0 Å². The third-order valence-corrected chi connectivity index (χ3v) is 3.94. The number of nitrogens with two attached hydrogens (primary N) is 1. The van der Waals surface area contributed by atoms with Crippen molar-refractivity contribution in [2.75, 3.05) is 6.54 Å².